The van der Waals surface area contributed by atoms with E-state index in [1.165, 1.54) is 0 Å². The fourth-order valence-electron chi connectivity index (χ4n) is 0.569. The van der Waals surface area contributed by atoms with E-state index in [9.17, 15) is 8.76 Å². The van der Waals surface area contributed by atoms with Crippen LogP contribution in [-0.4, -0.2) is 8.76 Å². The monoisotopic (exact) mass is 258 g/mol. The van der Waals surface area contributed by atoms with Crippen molar-refractivity contribution < 1.29 is 42.5 Å². The Morgan fingerprint density at radius 3 is 2.25 bits per heavy atom. The molecule has 0 bridgehead atoms. The first-order chi connectivity index (χ1) is 5.18. The summed E-state index contributed by atoms with van der Waals surface area (Å²) in [6, 6.07) is 6.50. The molecular formula is C6H4BrNaO3S. The van der Waals surface area contributed by atoms with E-state index in [-0.39, 0.29) is 29.6 Å². The third-order valence-electron chi connectivity index (χ3n) is 0.978. The Labute approximate surface area is 103 Å². The number of rotatable bonds is 2. The molecule has 1 aromatic rings. The van der Waals surface area contributed by atoms with Crippen LogP contribution in [0.3, 0.4) is 0 Å². The van der Waals surface area contributed by atoms with E-state index in [4.69, 9.17) is 0 Å². The van der Waals surface area contributed by atoms with Crippen molar-refractivity contribution >= 4 is 27.3 Å². The second kappa shape index (κ2) is 6.12. The van der Waals surface area contributed by atoms with Gasteiger partial charge in [-0.05, 0) is 24.3 Å². The van der Waals surface area contributed by atoms with Crippen LogP contribution in [0.1, 0.15) is 0 Å². The largest absolute Gasteiger partial charge is 1.00 e. The summed E-state index contributed by atoms with van der Waals surface area (Å²) < 4.78 is 25.3. The molecule has 0 radical (unpaired) electrons. The normalized spacial score (nSPS) is 11.5. The first kappa shape index (κ1) is 12.6. The van der Waals surface area contributed by atoms with E-state index in [1.807, 2.05) is 0 Å². The van der Waals surface area contributed by atoms with Gasteiger partial charge in [-0.25, -0.2) is 4.21 Å². The van der Waals surface area contributed by atoms with Gasteiger partial charge in [0.25, 0.3) is 0 Å². The Hall–Kier alpha value is 0.610. The van der Waals surface area contributed by atoms with E-state index in [1.54, 1.807) is 24.3 Å². The molecule has 0 aromatic heterocycles. The van der Waals surface area contributed by atoms with Gasteiger partial charge in [0.2, 0.25) is 0 Å². The minimum Gasteiger partial charge on any atom is -0.740 e. The number of benzene rings is 1. The van der Waals surface area contributed by atoms with Gasteiger partial charge in [0.15, 0.2) is 0 Å². The summed E-state index contributed by atoms with van der Waals surface area (Å²) >= 11 is 0.714. The third kappa shape index (κ3) is 4.59. The fourth-order valence-corrected chi connectivity index (χ4v) is 1.10. The quantitative estimate of drug-likeness (QED) is 0.486. The predicted octanol–water partition coefficient (Wildman–Crippen LogP) is -1.37. The van der Waals surface area contributed by atoms with Crippen molar-refractivity contribution in [2.24, 2.45) is 0 Å². The molecule has 1 unspecified atom stereocenters. The zero-order chi connectivity index (χ0) is 8.27. The van der Waals surface area contributed by atoms with E-state index in [2.05, 4.69) is 20.1 Å². The van der Waals surface area contributed by atoms with Crippen molar-refractivity contribution in [1.29, 1.82) is 0 Å². The Kier molecular flexibility index (Phi) is 6.43. The van der Waals surface area contributed by atoms with Crippen molar-refractivity contribution in [3.8, 4) is 5.75 Å². The maximum absolute atomic E-state index is 10.0. The van der Waals surface area contributed by atoms with Crippen LogP contribution < -0.4 is 33.7 Å². The van der Waals surface area contributed by atoms with Crippen LogP contribution in [0.4, 0.5) is 0 Å². The molecule has 12 heavy (non-hydrogen) atoms. The maximum atomic E-state index is 10.0. The van der Waals surface area contributed by atoms with E-state index < -0.39 is 11.4 Å². The summed E-state index contributed by atoms with van der Waals surface area (Å²) in [6.07, 6.45) is 0. The van der Waals surface area contributed by atoms with Gasteiger partial charge in [-0.1, -0.05) is 15.9 Å². The molecule has 1 rings (SSSR count). The van der Waals surface area contributed by atoms with Gasteiger partial charge in [0, 0.05) is 4.47 Å². The summed E-state index contributed by atoms with van der Waals surface area (Å²) in [7, 11) is 0. The second-order valence-electron chi connectivity index (χ2n) is 1.74. The standard InChI is InChI=1S/C6H5BrO3S.Na/c7-5-1-3-6(4-2-5)10-11(8)9;/h1-4H,(H,8,9);/q;+1/p-1. The minimum atomic E-state index is -2.49. The van der Waals surface area contributed by atoms with Gasteiger partial charge in [0.05, 0.1) is 0 Å². The van der Waals surface area contributed by atoms with E-state index in [0.29, 0.717) is 5.75 Å². The number of hydrogen-bond donors (Lipinski definition) is 0. The van der Waals surface area contributed by atoms with Gasteiger partial charge in [-0.3, -0.25) is 0 Å². The number of halogens is 1. The van der Waals surface area contributed by atoms with Crippen molar-refractivity contribution in [2.45, 2.75) is 0 Å². The van der Waals surface area contributed by atoms with Gasteiger partial charge in [-0.15, -0.1) is 0 Å². The summed E-state index contributed by atoms with van der Waals surface area (Å²) in [5, 5.41) is 0. The average Bonchev–Trinajstić information content (AvgIpc) is 1.93. The van der Waals surface area contributed by atoms with Crippen LogP contribution in [0.2, 0.25) is 0 Å². The van der Waals surface area contributed by atoms with Crippen molar-refractivity contribution in [2.75, 3.05) is 0 Å². The summed E-state index contributed by atoms with van der Waals surface area (Å²) in [5.41, 5.74) is 0. The van der Waals surface area contributed by atoms with E-state index >= 15 is 0 Å². The summed E-state index contributed by atoms with van der Waals surface area (Å²) in [5.74, 6) is 0.307. The molecule has 60 valence electrons. The molecular weight excluding hydrogens is 255 g/mol. The molecule has 0 amide bonds. The summed E-state index contributed by atoms with van der Waals surface area (Å²) in [6.45, 7) is 0. The van der Waals surface area contributed by atoms with Crippen LogP contribution in [-0.2, 0) is 11.4 Å². The van der Waals surface area contributed by atoms with Gasteiger partial charge < -0.3 is 8.74 Å². The maximum Gasteiger partial charge on any atom is 1.00 e. The SMILES string of the molecule is O=S([O-])Oc1ccc(Br)cc1.[Na+]. The molecule has 3 nitrogen and oxygen atoms in total. The molecule has 6 heteroatoms. The van der Waals surface area contributed by atoms with Crippen LogP contribution in [0.25, 0.3) is 0 Å². The molecule has 0 N–H and O–H groups in total. The van der Waals surface area contributed by atoms with Crippen molar-refractivity contribution in [1.82, 2.24) is 0 Å². The molecule has 1 atom stereocenters. The minimum absolute atomic E-state index is 0. The van der Waals surface area contributed by atoms with Crippen molar-refractivity contribution in [3.63, 3.8) is 0 Å². The Bertz CT molecular complexity index is 264. The average molecular weight is 259 g/mol. The van der Waals surface area contributed by atoms with Gasteiger partial charge >= 0.3 is 29.6 Å². The Morgan fingerprint density at radius 1 is 1.33 bits per heavy atom. The molecule has 0 aliphatic heterocycles. The van der Waals surface area contributed by atoms with Crippen LogP contribution >= 0.6 is 15.9 Å². The van der Waals surface area contributed by atoms with E-state index in [0.717, 1.165) is 4.47 Å². The summed E-state index contributed by atoms with van der Waals surface area (Å²) in [4.78, 5) is 0. The predicted molar refractivity (Wildman–Crippen MR) is 43.7 cm³/mol. The molecule has 0 spiro atoms. The van der Waals surface area contributed by atoms with Crippen LogP contribution in [0.15, 0.2) is 28.7 Å². The Balaban J connectivity index is 0.00000121. The first-order valence-corrected chi connectivity index (χ1v) is 4.51. The zero-order valence-corrected chi connectivity index (χ0v) is 10.7. The third-order valence-corrected chi connectivity index (χ3v) is 1.84. The topological polar surface area (TPSA) is 49.4 Å². The van der Waals surface area contributed by atoms with Crippen LogP contribution in [0.5, 0.6) is 5.75 Å². The molecule has 0 saturated carbocycles. The molecule has 0 fully saturated rings. The Morgan fingerprint density at radius 2 is 1.83 bits per heavy atom. The molecule has 0 aliphatic rings. The zero-order valence-electron chi connectivity index (χ0n) is 6.32. The fraction of sp³-hybridized carbons (Fsp3) is 0. The molecule has 0 aliphatic carbocycles. The molecule has 0 saturated heterocycles. The molecule has 1 aromatic carbocycles. The van der Waals surface area contributed by atoms with Gasteiger partial charge in [-0.2, -0.15) is 0 Å². The first-order valence-electron chi connectivity index (χ1n) is 2.71. The van der Waals surface area contributed by atoms with Gasteiger partial charge in [0.1, 0.15) is 17.1 Å². The van der Waals surface area contributed by atoms with Crippen LogP contribution in [0, 0.1) is 0 Å². The van der Waals surface area contributed by atoms with Crippen molar-refractivity contribution in [3.05, 3.63) is 28.7 Å². The smallest absolute Gasteiger partial charge is 0.740 e. The number of hydrogen-bond acceptors (Lipinski definition) is 3. The molecule has 0 heterocycles. The second-order valence-corrected chi connectivity index (χ2v) is 3.23.